The zero-order valence-corrected chi connectivity index (χ0v) is 7.73. The average Bonchev–Trinajstić information content (AvgIpc) is 2.62. The summed E-state index contributed by atoms with van der Waals surface area (Å²) in [5.41, 5.74) is 5.78. The summed E-state index contributed by atoms with van der Waals surface area (Å²) in [6.45, 7) is 4.49. The van der Waals surface area contributed by atoms with E-state index in [1.165, 1.54) is 0 Å². The van der Waals surface area contributed by atoms with Crippen LogP contribution in [0.15, 0.2) is 4.42 Å². The summed E-state index contributed by atoms with van der Waals surface area (Å²) in [4.78, 5) is 2.23. The number of nitrogens with zero attached hydrogens (tertiary/aromatic N) is 3. The maximum absolute atomic E-state index is 5.78. The molecule has 1 aliphatic heterocycles. The van der Waals surface area contributed by atoms with Crippen LogP contribution in [0.3, 0.4) is 0 Å². The molecular formula is C8H14N4O. The Morgan fingerprint density at radius 3 is 3.00 bits per heavy atom. The van der Waals surface area contributed by atoms with Crippen LogP contribution < -0.4 is 5.73 Å². The van der Waals surface area contributed by atoms with Gasteiger partial charge in [-0.3, -0.25) is 4.90 Å². The van der Waals surface area contributed by atoms with Crippen molar-refractivity contribution in [3.05, 3.63) is 11.8 Å². The number of aromatic nitrogens is 2. The fourth-order valence-electron chi connectivity index (χ4n) is 1.60. The van der Waals surface area contributed by atoms with Gasteiger partial charge in [-0.1, -0.05) is 0 Å². The van der Waals surface area contributed by atoms with Gasteiger partial charge in [0, 0.05) is 26.1 Å². The molecule has 0 unspecified atom stereocenters. The van der Waals surface area contributed by atoms with Crippen molar-refractivity contribution >= 4 is 0 Å². The molecule has 1 saturated heterocycles. The van der Waals surface area contributed by atoms with Crippen molar-refractivity contribution in [3.8, 4) is 0 Å². The quantitative estimate of drug-likeness (QED) is 0.692. The van der Waals surface area contributed by atoms with E-state index < -0.39 is 0 Å². The first-order chi connectivity index (χ1) is 6.24. The molecule has 0 amide bonds. The summed E-state index contributed by atoms with van der Waals surface area (Å²) in [6, 6.07) is 0.309. The van der Waals surface area contributed by atoms with E-state index in [0.29, 0.717) is 17.8 Å². The van der Waals surface area contributed by atoms with Gasteiger partial charge in [-0.05, 0) is 6.42 Å². The monoisotopic (exact) mass is 182 g/mol. The van der Waals surface area contributed by atoms with Gasteiger partial charge in [-0.25, -0.2) is 0 Å². The number of rotatable bonds is 2. The number of aryl methyl sites for hydroxylation is 1. The maximum atomic E-state index is 5.78. The van der Waals surface area contributed by atoms with Gasteiger partial charge in [0.05, 0.1) is 6.54 Å². The van der Waals surface area contributed by atoms with Gasteiger partial charge in [0.1, 0.15) is 0 Å². The molecule has 0 bridgehead atoms. The van der Waals surface area contributed by atoms with Crippen molar-refractivity contribution in [2.45, 2.75) is 25.9 Å². The van der Waals surface area contributed by atoms with E-state index >= 15 is 0 Å². The molecule has 0 radical (unpaired) electrons. The molecule has 5 heteroatoms. The summed E-state index contributed by atoms with van der Waals surface area (Å²) < 4.78 is 5.28. The van der Waals surface area contributed by atoms with Crippen LogP contribution in [0.25, 0.3) is 0 Å². The van der Waals surface area contributed by atoms with Crippen molar-refractivity contribution < 1.29 is 4.42 Å². The zero-order chi connectivity index (χ0) is 9.26. The van der Waals surface area contributed by atoms with Gasteiger partial charge >= 0.3 is 0 Å². The predicted octanol–water partition coefficient (Wildman–Crippen LogP) is -0.0890. The van der Waals surface area contributed by atoms with E-state index in [0.717, 1.165) is 26.1 Å². The zero-order valence-electron chi connectivity index (χ0n) is 7.73. The predicted molar refractivity (Wildman–Crippen MR) is 46.9 cm³/mol. The van der Waals surface area contributed by atoms with E-state index in [1.807, 2.05) is 0 Å². The smallest absolute Gasteiger partial charge is 0.230 e. The first-order valence-electron chi connectivity index (χ1n) is 4.51. The van der Waals surface area contributed by atoms with Gasteiger partial charge in [0.15, 0.2) is 0 Å². The molecule has 2 N–H and O–H groups in total. The standard InChI is InChI=1S/C8H14N4O/c1-6-10-11-8(13-6)5-12-3-2-7(9)4-12/h7H,2-5,9H2,1H3/t7-/m0/s1. The molecule has 1 aliphatic rings. The fraction of sp³-hybridized carbons (Fsp3) is 0.750. The lowest BCUT2D eigenvalue weighted by atomic mass is 10.3. The van der Waals surface area contributed by atoms with Crippen molar-refractivity contribution in [1.29, 1.82) is 0 Å². The highest BCUT2D eigenvalue weighted by Gasteiger charge is 2.20. The Hall–Kier alpha value is -0.940. The van der Waals surface area contributed by atoms with Crippen molar-refractivity contribution in [2.75, 3.05) is 13.1 Å². The number of hydrogen-bond donors (Lipinski definition) is 1. The van der Waals surface area contributed by atoms with Crippen LogP contribution in [-0.4, -0.2) is 34.2 Å². The van der Waals surface area contributed by atoms with Gasteiger partial charge in [0.2, 0.25) is 11.8 Å². The Morgan fingerprint density at radius 2 is 2.46 bits per heavy atom. The van der Waals surface area contributed by atoms with Gasteiger partial charge in [-0.2, -0.15) is 0 Å². The maximum Gasteiger partial charge on any atom is 0.230 e. The lowest BCUT2D eigenvalue weighted by Gasteiger charge is -2.11. The number of likely N-dealkylation sites (tertiary alicyclic amines) is 1. The van der Waals surface area contributed by atoms with E-state index in [1.54, 1.807) is 6.92 Å². The molecule has 1 atom stereocenters. The normalized spacial score (nSPS) is 24.0. The third-order valence-corrected chi connectivity index (χ3v) is 2.24. The second-order valence-corrected chi connectivity index (χ2v) is 3.50. The Kier molecular flexibility index (Phi) is 2.28. The van der Waals surface area contributed by atoms with Crippen LogP contribution in [-0.2, 0) is 6.54 Å². The molecule has 2 heterocycles. The second-order valence-electron chi connectivity index (χ2n) is 3.50. The molecule has 0 saturated carbocycles. The fourth-order valence-corrected chi connectivity index (χ4v) is 1.60. The molecule has 1 fully saturated rings. The van der Waals surface area contributed by atoms with Gasteiger partial charge in [0.25, 0.3) is 0 Å². The minimum Gasteiger partial charge on any atom is -0.424 e. The third-order valence-electron chi connectivity index (χ3n) is 2.24. The molecule has 5 nitrogen and oxygen atoms in total. The molecule has 1 aromatic rings. The largest absolute Gasteiger partial charge is 0.424 e. The summed E-state index contributed by atoms with van der Waals surface area (Å²) in [6.07, 6.45) is 1.06. The second kappa shape index (κ2) is 3.43. The molecule has 72 valence electrons. The Balaban J connectivity index is 1.91. The van der Waals surface area contributed by atoms with Gasteiger partial charge < -0.3 is 10.2 Å². The molecule has 1 aromatic heterocycles. The van der Waals surface area contributed by atoms with Crippen molar-refractivity contribution in [3.63, 3.8) is 0 Å². The van der Waals surface area contributed by atoms with E-state index in [-0.39, 0.29) is 0 Å². The SMILES string of the molecule is Cc1nnc(CN2CC[C@H](N)C2)o1. The Labute approximate surface area is 76.9 Å². The van der Waals surface area contributed by atoms with Crippen molar-refractivity contribution in [1.82, 2.24) is 15.1 Å². The van der Waals surface area contributed by atoms with Crippen LogP contribution in [0.1, 0.15) is 18.2 Å². The number of nitrogens with two attached hydrogens (primary N) is 1. The van der Waals surface area contributed by atoms with Crippen LogP contribution in [0.2, 0.25) is 0 Å². The third kappa shape index (κ3) is 2.05. The average molecular weight is 182 g/mol. The van der Waals surface area contributed by atoms with Crippen LogP contribution >= 0.6 is 0 Å². The van der Waals surface area contributed by atoms with Crippen LogP contribution in [0, 0.1) is 6.92 Å². The first-order valence-corrected chi connectivity index (χ1v) is 4.51. The topological polar surface area (TPSA) is 68.2 Å². The minimum absolute atomic E-state index is 0.309. The highest BCUT2D eigenvalue weighted by atomic mass is 16.4. The van der Waals surface area contributed by atoms with Gasteiger partial charge in [-0.15, -0.1) is 10.2 Å². The first kappa shape index (κ1) is 8.65. The highest BCUT2D eigenvalue weighted by molar-refractivity contribution is 4.84. The Bertz CT molecular complexity index is 285. The minimum atomic E-state index is 0.309. The molecule has 13 heavy (non-hydrogen) atoms. The summed E-state index contributed by atoms with van der Waals surface area (Å²) >= 11 is 0. The molecular weight excluding hydrogens is 168 g/mol. The molecule has 0 aromatic carbocycles. The number of hydrogen-bond acceptors (Lipinski definition) is 5. The summed E-state index contributed by atoms with van der Waals surface area (Å²) in [7, 11) is 0. The Morgan fingerprint density at radius 1 is 1.62 bits per heavy atom. The molecule has 0 spiro atoms. The molecule has 2 rings (SSSR count). The van der Waals surface area contributed by atoms with E-state index in [2.05, 4.69) is 15.1 Å². The summed E-state index contributed by atoms with van der Waals surface area (Å²) in [5, 5.41) is 7.71. The van der Waals surface area contributed by atoms with E-state index in [4.69, 9.17) is 10.2 Å². The van der Waals surface area contributed by atoms with E-state index in [9.17, 15) is 0 Å². The highest BCUT2D eigenvalue weighted by Crippen LogP contribution is 2.10. The lowest BCUT2D eigenvalue weighted by Crippen LogP contribution is -2.26. The summed E-state index contributed by atoms with van der Waals surface area (Å²) in [5.74, 6) is 1.31. The lowest BCUT2D eigenvalue weighted by molar-refractivity contribution is 0.285. The van der Waals surface area contributed by atoms with Crippen LogP contribution in [0.5, 0.6) is 0 Å². The van der Waals surface area contributed by atoms with Crippen molar-refractivity contribution in [2.24, 2.45) is 5.73 Å². The molecule has 0 aliphatic carbocycles. The van der Waals surface area contributed by atoms with Crippen LogP contribution in [0.4, 0.5) is 0 Å².